The number of nitrogens with zero attached hydrogens (tertiary/aromatic N) is 2. The first-order valence-corrected chi connectivity index (χ1v) is 11.4. The Kier molecular flexibility index (Phi) is 3.72. The van der Waals surface area contributed by atoms with Crippen LogP contribution in [0.15, 0.2) is 103 Å². The van der Waals surface area contributed by atoms with E-state index in [0.717, 1.165) is 0 Å². The van der Waals surface area contributed by atoms with Gasteiger partial charge in [0.15, 0.2) is 0 Å². The minimum absolute atomic E-state index is 1.22. The van der Waals surface area contributed by atoms with Gasteiger partial charge < -0.3 is 0 Å². The highest BCUT2D eigenvalue weighted by molar-refractivity contribution is 6.24. The molecular weight excluding hydrogens is 400 g/mol. The predicted molar refractivity (Wildman–Crippen MR) is 140 cm³/mol. The maximum Gasteiger partial charge on any atom is 0.294 e. The molecule has 3 heterocycles. The van der Waals surface area contributed by atoms with Crippen molar-refractivity contribution in [2.45, 2.75) is 6.92 Å². The molecule has 0 unspecified atom stereocenters. The molecule has 33 heavy (non-hydrogen) atoms. The SMILES string of the molecule is Cc1cccc2c3ccccc3c3ccccc3c3cccc4c5ccc[n+](C)c5n(c12)c34. The van der Waals surface area contributed by atoms with Crippen LogP contribution in [-0.4, -0.2) is 4.40 Å². The Morgan fingerprint density at radius 3 is 1.58 bits per heavy atom. The Bertz CT molecular complexity index is 1940. The van der Waals surface area contributed by atoms with Crippen LogP contribution in [0.4, 0.5) is 0 Å². The average molecular weight is 424 g/mol. The number of benzene rings is 4. The molecule has 156 valence electrons. The third-order valence-corrected chi connectivity index (χ3v) is 7.10. The Hall–Kier alpha value is -4.17. The number of aromatic nitrogens is 2. The van der Waals surface area contributed by atoms with E-state index in [1.807, 2.05) is 0 Å². The van der Waals surface area contributed by atoms with Crippen molar-refractivity contribution in [1.82, 2.24) is 4.40 Å². The van der Waals surface area contributed by atoms with Crippen LogP contribution in [0, 0.1) is 6.92 Å². The van der Waals surface area contributed by atoms with Crippen molar-refractivity contribution < 1.29 is 4.57 Å². The summed E-state index contributed by atoms with van der Waals surface area (Å²) in [6.45, 7) is 2.23. The average Bonchev–Trinajstić information content (AvgIpc) is 3.20. The van der Waals surface area contributed by atoms with Gasteiger partial charge in [0.25, 0.3) is 5.65 Å². The first-order chi connectivity index (χ1) is 16.2. The molecule has 0 fully saturated rings. The van der Waals surface area contributed by atoms with Gasteiger partial charge in [0, 0.05) is 16.2 Å². The molecule has 2 nitrogen and oxygen atoms in total. The summed E-state index contributed by atoms with van der Waals surface area (Å²) < 4.78 is 4.76. The Morgan fingerprint density at radius 1 is 0.485 bits per heavy atom. The molecule has 0 amide bonds. The second-order valence-corrected chi connectivity index (χ2v) is 8.96. The lowest BCUT2D eigenvalue weighted by Crippen LogP contribution is -2.29. The van der Waals surface area contributed by atoms with E-state index >= 15 is 0 Å². The van der Waals surface area contributed by atoms with E-state index < -0.39 is 0 Å². The van der Waals surface area contributed by atoms with Crippen LogP contribution in [0.5, 0.6) is 0 Å². The fourth-order valence-electron chi connectivity index (χ4n) is 5.71. The van der Waals surface area contributed by atoms with Crippen molar-refractivity contribution in [3.63, 3.8) is 0 Å². The third kappa shape index (κ3) is 2.41. The molecule has 0 N–H and O–H groups in total. The Morgan fingerprint density at radius 2 is 0.939 bits per heavy atom. The molecule has 0 aliphatic rings. The second-order valence-electron chi connectivity index (χ2n) is 8.96. The van der Waals surface area contributed by atoms with Crippen molar-refractivity contribution in [1.29, 1.82) is 0 Å². The molecule has 0 aliphatic heterocycles. The van der Waals surface area contributed by atoms with E-state index in [2.05, 4.69) is 126 Å². The summed E-state index contributed by atoms with van der Waals surface area (Å²) in [6, 6.07) is 35.5. The van der Waals surface area contributed by atoms with Gasteiger partial charge in [0.05, 0.1) is 18.6 Å². The number of aryl methyl sites for hydroxylation is 2. The van der Waals surface area contributed by atoms with E-state index in [1.54, 1.807) is 0 Å². The smallest absolute Gasteiger partial charge is 0.236 e. The topological polar surface area (TPSA) is 8.29 Å². The zero-order valence-electron chi connectivity index (χ0n) is 18.7. The van der Waals surface area contributed by atoms with Gasteiger partial charge in [-0.1, -0.05) is 78.9 Å². The minimum Gasteiger partial charge on any atom is -0.236 e. The highest BCUT2D eigenvalue weighted by Crippen LogP contribution is 2.38. The van der Waals surface area contributed by atoms with Crippen molar-refractivity contribution in [2.75, 3.05) is 0 Å². The highest BCUT2D eigenvalue weighted by Gasteiger charge is 2.22. The number of fused-ring (bicyclic) bond motifs is 10. The molecule has 0 atom stereocenters. The standard InChI is InChI=1S/C31H23N2/c1-20-10-7-15-25-23-13-5-3-11-21(23)22-12-4-6-14-24(22)26-16-8-17-27-28-18-9-19-32(2)31(28)33(29(20)25)30(26)27/h3-19H,1-2H3/q+1. The molecule has 0 saturated carbocycles. The van der Waals surface area contributed by atoms with Crippen molar-refractivity contribution in [2.24, 2.45) is 7.05 Å². The molecule has 0 radical (unpaired) electrons. The van der Waals surface area contributed by atoms with Crippen LogP contribution in [-0.2, 0) is 7.05 Å². The molecular formula is C31H23N2+. The normalized spacial score (nSPS) is 11.9. The summed E-state index contributed by atoms with van der Waals surface area (Å²) in [4.78, 5) is 0. The van der Waals surface area contributed by atoms with Crippen molar-refractivity contribution >= 4 is 59.8 Å². The predicted octanol–water partition coefficient (Wildman–Crippen LogP) is 7.40. The zero-order valence-corrected chi connectivity index (χ0v) is 18.7. The maximum absolute atomic E-state index is 2.50. The molecule has 2 heteroatoms. The largest absolute Gasteiger partial charge is 0.294 e. The maximum atomic E-state index is 2.50. The van der Waals surface area contributed by atoms with Crippen LogP contribution >= 0.6 is 0 Å². The van der Waals surface area contributed by atoms with Gasteiger partial charge in [-0.2, -0.15) is 4.40 Å². The molecule has 0 aliphatic carbocycles. The van der Waals surface area contributed by atoms with E-state index in [-0.39, 0.29) is 0 Å². The van der Waals surface area contributed by atoms with Gasteiger partial charge in [-0.3, -0.25) is 0 Å². The van der Waals surface area contributed by atoms with Crippen LogP contribution in [0.3, 0.4) is 0 Å². The van der Waals surface area contributed by atoms with E-state index in [4.69, 9.17) is 0 Å². The van der Waals surface area contributed by atoms with Crippen LogP contribution < -0.4 is 4.57 Å². The lowest BCUT2D eigenvalue weighted by molar-refractivity contribution is -0.647. The minimum atomic E-state index is 1.22. The van der Waals surface area contributed by atoms with Crippen molar-refractivity contribution in [3.05, 3.63) is 109 Å². The molecule has 3 aromatic heterocycles. The van der Waals surface area contributed by atoms with Gasteiger partial charge in [-0.25, -0.2) is 4.57 Å². The molecule has 0 bridgehead atoms. The quantitative estimate of drug-likeness (QED) is 0.225. The summed E-state index contributed by atoms with van der Waals surface area (Å²) in [5, 5.41) is 10.2. The number of rotatable bonds is 0. The molecule has 7 rings (SSSR count). The molecule has 4 aromatic carbocycles. The summed E-state index contributed by atoms with van der Waals surface area (Å²) in [5.74, 6) is 0. The number of pyridine rings is 1. The first-order valence-electron chi connectivity index (χ1n) is 11.4. The van der Waals surface area contributed by atoms with Gasteiger partial charge in [0.2, 0.25) is 0 Å². The van der Waals surface area contributed by atoms with Gasteiger partial charge in [-0.05, 0) is 52.2 Å². The van der Waals surface area contributed by atoms with Crippen LogP contribution in [0.1, 0.15) is 5.56 Å². The van der Waals surface area contributed by atoms with Gasteiger partial charge in [0.1, 0.15) is 11.0 Å². The fourth-order valence-corrected chi connectivity index (χ4v) is 5.71. The third-order valence-electron chi connectivity index (χ3n) is 7.10. The Balaban J connectivity index is 2.06. The van der Waals surface area contributed by atoms with E-state index in [1.165, 1.54) is 65.3 Å². The molecule has 7 aromatic rings. The zero-order chi connectivity index (χ0) is 22.1. The second kappa shape index (κ2) is 6.66. The summed E-state index contributed by atoms with van der Waals surface area (Å²) in [6.07, 6.45) is 2.15. The molecule has 0 saturated heterocycles. The lowest BCUT2D eigenvalue weighted by Gasteiger charge is -2.04. The van der Waals surface area contributed by atoms with Gasteiger partial charge in [-0.15, -0.1) is 0 Å². The number of para-hydroxylation sites is 2. The summed E-state index contributed by atoms with van der Waals surface area (Å²) in [7, 11) is 2.15. The monoisotopic (exact) mass is 423 g/mol. The number of hydrogen-bond donors (Lipinski definition) is 0. The summed E-state index contributed by atoms with van der Waals surface area (Å²) in [5.41, 5.74) is 5.01. The first kappa shape index (κ1) is 18.4. The van der Waals surface area contributed by atoms with E-state index in [0.29, 0.717) is 0 Å². The fraction of sp³-hybridized carbons (Fsp3) is 0.0645. The molecule has 0 spiro atoms. The number of hydrogen-bond acceptors (Lipinski definition) is 0. The van der Waals surface area contributed by atoms with Gasteiger partial charge >= 0.3 is 0 Å². The van der Waals surface area contributed by atoms with Crippen molar-refractivity contribution in [3.8, 4) is 0 Å². The Labute approximate surface area is 191 Å². The highest BCUT2D eigenvalue weighted by atomic mass is 15.1. The van der Waals surface area contributed by atoms with Crippen LogP contribution in [0.2, 0.25) is 0 Å². The lowest BCUT2D eigenvalue weighted by atomic mass is 10.0. The summed E-state index contributed by atoms with van der Waals surface area (Å²) >= 11 is 0. The van der Waals surface area contributed by atoms with Crippen LogP contribution in [0.25, 0.3) is 59.8 Å². The van der Waals surface area contributed by atoms with E-state index in [9.17, 15) is 0 Å².